The molecule has 0 amide bonds. The van der Waals surface area contributed by atoms with Crippen molar-refractivity contribution in [1.29, 1.82) is 0 Å². The molecule has 21 heavy (non-hydrogen) atoms. The van der Waals surface area contributed by atoms with Gasteiger partial charge in [-0.2, -0.15) is 5.10 Å². The highest BCUT2D eigenvalue weighted by molar-refractivity contribution is 5.87. The highest BCUT2D eigenvalue weighted by atomic mass is 16.4. The summed E-state index contributed by atoms with van der Waals surface area (Å²) >= 11 is 0. The van der Waals surface area contributed by atoms with E-state index >= 15 is 0 Å². The summed E-state index contributed by atoms with van der Waals surface area (Å²) in [5.41, 5.74) is 6.11. The summed E-state index contributed by atoms with van der Waals surface area (Å²) < 4.78 is 1.87. The third kappa shape index (κ3) is 1.97. The Morgan fingerprint density at radius 2 is 1.86 bits per heavy atom. The second-order valence-electron chi connectivity index (χ2n) is 6.00. The van der Waals surface area contributed by atoms with Crippen LogP contribution in [0.4, 0.5) is 0 Å². The van der Waals surface area contributed by atoms with Crippen molar-refractivity contribution in [1.82, 2.24) is 9.78 Å². The molecule has 1 N–H and O–H groups in total. The molecule has 0 unspecified atom stereocenters. The molecule has 108 valence electrons. The van der Waals surface area contributed by atoms with Crippen LogP contribution in [0.1, 0.15) is 52.1 Å². The largest absolute Gasteiger partial charge is 0.476 e. The van der Waals surface area contributed by atoms with E-state index in [2.05, 4.69) is 23.3 Å². The van der Waals surface area contributed by atoms with Gasteiger partial charge in [-0.05, 0) is 68.2 Å². The molecule has 2 aromatic rings. The molecule has 0 aliphatic heterocycles. The summed E-state index contributed by atoms with van der Waals surface area (Å²) in [7, 11) is 0. The maximum absolute atomic E-state index is 11.4. The zero-order valence-corrected chi connectivity index (χ0v) is 11.9. The lowest BCUT2D eigenvalue weighted by atomic mass is 9.95. The summed E-state index contributed by atoms with van der Waals surface area (Å²) in [5, 5.41) is 13.8. The van der Waals surface area contributed by atoms with Crippen LogP contribution < -0.4 is 0 Å². The predicted molar refractivity (Wildman–Crippen MR) is 79.2 cm³/mol. The van der Waals surface area contributed by atoms with Crippen molar-refractivity contribution in [2.45, 2.75) is 44.9 Å². The number of aromatic nitrogens is 2. The monoisotopic (exact) mass is 282 g/mol. The summed E-state index contributed by atoms with van der Waals surface area (Å²) in [6.07, 6.45) is 7.43. The molecule has 4 nitrogen and oxygen atoms in total. The molecule has 2 aliphatic rings. The first-order valence-electron chi connectivity index (χ1n) is 7.70. The average molecular weight is 282 g/mol. The van der Waals surface area contributed by atoms with E-state index in [9.17, 15) is 9.90 Å². The van der Waals surface area contributed by atoms with E-state index in [1.54, 1.807) is 0 Å². The van der Waals surface area contributed by atoms with Crippen LogP contribution >= 0.6 is 0 Å². The number of fused-ring (bicyclic) bond motifs is 2. The lowest BCUT2D eigenvalue weighted by Gasteiger charge is -2.14. The fourth-order valence-electron chi connectivity index (χ4n) is 3.67. The first-order chi connectivity index (χ1) is 10.2. The van der Waals surface area contributed by atoms with Crippen molar-refractivity contribution in [3.05, 3.63) is 46.3 Å². The molecule has 0 spiro atoms. The number of aryl methyl sites for hydroxylation is 2. The lowest BCUT2D eigenvalue weighted by molar-refractivity contribution is 0.0688. The lowest BCUT2D eigenvalue weighted by Crippen LogP contribution is -2.08. The Morgan fingerprint density at radius 3 is 2.71 bits per heavy atom. The van der Waals surface area contributed by atoms with Crippen LogP contribution in [0.25, 0.3) is 5.69 Å². The summed E-state index contributed by atoms with van der Waals surface area (Å²) in [5.74, 6) is -0.909. The Morgan fingerprint density at radius 1 is 1.05 bits per heavy atom. The number of benzene rings is 1. The van der Waals surface area contributed by atoms with Gasteiger partial charge in [0.25, 0.3) is 0 Å². The molecule has 0 atom stereocenters. The molecular weight excluding hydrogens is 264 g/mol. The minimum Gasteiger partial charge on any atom is -0.476 e. The molecule has 0 radical (unpaired) electrons. The van der Waals surface area contributed by atoms with Gasteiger partial charge in [0.1, 0.15) is 0 Å². The SMILES string of the molecule is O=C(O)c1nn(-c2ccc3c(c2)CCC3)c2c1CCCC2. The third-order valence-electron chi connectivity index (χ3n) is 4.71. The Hall–Kier alpha value is -2.10. The minimum atomic E-state index is -0.909. The van der Waals surface area contributed by atoms with Crippen molar-refractivity contribution < 1.29 is 9.90 Å². The molecule has 4 rings (SSSR count). The molecule has 1 aromatic heterocycles. The maximum Gasteiger partial charge on any atom is 0.356 e. The Bertz CT molecular complexity index is 731. The van der Waals surface area contributed by atoms with Crippen LogP contribution in [0.3, 0.4) is 0 Å². The standard InChI is InChI=1S/C17H18N2O2/c20-17(21)16-14-6-1-2-7-15(14)19(18-16)13-9-8-11-4-3-5-12(11)10-13/h8-10H,1-7H2,(H,20,21). The number of aromatic carboxylic acids is 1. The van der Waals surface area contributed by atoms with E-state index in [0.29, 0.717) is 0 Å². The molecule has 0 fully saturated rings. The van der Waals surface area contributed by atoms with Gasteiger partial charge in [-0.25, -0.2) is 9.48 Å². The highest BCUT2D eigenvalue weighted by Crippen LogP contribution is 2.29. The number of carboxylic acids is 1. The average Bonchev–Trinajstić information content (AvgIpc) is 3.10. The molecule has 2 aliphatic carbocycles. The molecule has 1 aromatic carbocycles. The van der Waals surface area contributed by atoms with Gasteiger partial charge in [0.2, 0.25) is 0 Å². The Balaban J connectivity index is 1.86. The fraction of sp³-hybridized carbons (Fsp3) is 0.412. The molecule has 1 heterocycles. The topological polar surface area (TPSA) is 55.1 Å². The zero-order valence-electron chi connectivity index (χ0n) is 11.9. The number of nitrogens with zero attached hydrogens (tertiary/aromatic N) is 2. The van der Waals surface area contributed by atoms with Gasteiger partial charge in [0, 0.05) is 11.3 Å². The van der Waals surface area contributed by atoms with Crippen LogP contribution in [-0.2, 0) is 25.7 Å². The van der Waals surface area contributed by atoms with Crippen molar-refractivity contribution >= 4 is 5.97 Å². The first-order valence-corrected chi connectivity index (χ1v) is 7.70. The van der Waals surface area contributed by atoms with Crippen LogP contribution in [0.2, 0.25) is 0 Å². The van der Waals surface area contributed by atoms with Gasteiger partial charge < -0.3 is 5.11 Å². The van der Waals surface area contributed by atoms with Gasteiger partial charge >= 0.3 is 5.97 Å². The van der Waals surface area contributed by atoms with Crippen LogP contribution in [0.15, 0.2) is 18.2 Å². The van der Waals surface area contributed by atoms with Crippen LogP contribution in [0, 0.1) is 0 Å². The second kappa shape index (κ2) is 4.72. The van der Waals surface area contributed by atoms with Crippen molar-refractivity contribution in [2.75, 3.05) is 0 Å². The number of hydrogen-bond acceptors (Lipinski definition) is 2. The van der Waals surface area contributed by atoms with E-state index in [1.165, 1.54) is 17.5 Å². The normalized spacial score (nSPS) is 16.6. The predicted octanol–water partition coefficient (Wildman–Crippen LogP) is 2.94. The number of carbonyl (C=O) groups is 1. The third-order valence-corrected chi connectivity index (χ3v) is 4.71. The van der Waals surface area contributed by atoms with Gasteiger partial charge in [-0.15, -0.1) is 0 Å². The Kier molecular flexibility index (Phi) is 2.84. The van der Waals surface area contributed by atoms with Crippen LogP contribution in [-0.4, -0.2) is 20.9 Å². The van der Waals surface area contributed by atoms with E-state index in [1.807, 2.05) is 4.68 Å². The number of carboxylic acid groups (broad SMARTS) is 1. The quantitative estimate of drug-likeness (QED) is 0.921. The fourth-order valence-corrected chi connectivity index (χ4v) is 3.67. The number of hydrogen-bond donors (Lipinski definition) is 1. The van der Waals surface area contributed by atoms with Gasteiger partial charge in [-0.1, -0.05) is 6.07 Å². The smallest absolute Gasteiger partial charge is 0.356 e. The Labute approximate surface area is 123 Å². The van der Waals surface area contributed by atoms with Crippen molar-refractivity contribution in [2.24, 2.45) is 0 Å². The minimum absolute atomic E-state index is 0.241. The molecule has 0 bridgehead atoms. The van der Waals surface area contributed by atoms with E-state index in [-0.39, 0.29) is 5.69 Å². The maximum atomic E-state index is 11.4. The molecular formula is C17H18N2O2. The van der Waals surface area contributed by atoms with E-state index in [0.717, 1.165) is 55.5 Å². The van der Waals surface area contributed by atoms with E-state index in [4.69, 9.17) is 0 Å². The van der Waals surface area contributed by atoms with Gasteiger partial charge in [-0.3, -0.25) is 0 Å². The highest BCUT2D eigenvalue weighted by Gasteiger charge is 2.25. The van der Waals surface area contributed by atoms with Gasteiger partial charge in [0.15, 0.2) is 5.69 Å². The molecule has 0 saturated heterocycles. The molecule has 0 saturated carbocycles. The summed E-state index contributed by atoms with van der Waals surface area (Å²) in [4.78, 5) is 11.4. The van der Waals surface area contributed by atoms with Crippen LogP contribution in [0.5, 0.6) is 0 Å². The zero-order chi connectivity index (χ0) is 14.4. The van der Waals surface area contributed by atoms with Crippen molar-refractivity contribution in [3.8, 4) is 5.69 Å². The van der Waals surface area contributed by atoms with E-state index < -0.39 is 5.97 Å². The summed E-state index contributed by atoms with van der Waals surface area (Å²) in [6, 6.07) is 6.45. The first kappa shape index (κ1) is 12.6. The second-order valence-corrected chi connectivity index (χ2v) is 6.00. The summed E-state index contributed by atoms with van der Waals surface area (Å²) in [6.45, 7) is 0. The van der Waals surface area contributed by atoms with Gasteiger partial charge in [0.05, 0.1) is 5.69 Å². The van der Waals surface area contributed by atoms with Crippen molar-refractivity contribution in [3.63, 3.8) is 0 Å². The molecule has 4 heteroatoms. The number of rotatable bonds is 2.